The molecule has 2 rings (SSSR count). The zero-order valence-electron chi connectivity index (χ0n) is 12.2. The average Bonchev–Trinajstić information content (AvgIpc) is 2.39. The van der Waals surface area contributed by atoms with Gasteiger partial charge in [0.2, 0.25) is 0 Å². The van der Waals surface area contributed by atoms with Gasteiger partial charge in [-0.25, -0.2) is 0 Å². The molecule has 0 saturated heterocycles. The molecular formula is C16H17ClN2O2. The third-order valence-electron chi connectivity index (χ3n) is 3.37. The van der Waals surface area contributed by atoms with E-state index in [2.05, 4.69) is 24.4 Å². The molecule has 0 fully saturated rings. The van der Waals surface area contributed by atoms with E-state index in [4.69, 9.17) is 11.6 Å². The van der Waals surface area contributed by atoms with Gasteiger partial charge < -0.3 is 5.32 Å². The Morgan fingerprint density at radius 3 is 2.33 bits per heavy atom. The Morgan fingerprint density at radius 1 is 1.14 bits per heavy atom. The number of nitro benzene ring substituents is 1. The van der Waals surface area contributed by atoms with Crippen molar-refractivity contribution in [2.24, 2.45) is 0 Å². The molecule has 0 aliphatic carbocycles. The molecule has 2 aromatic carbocycles. The maximum Gasteiger partial charge on any atom is 0.269 e. The highest BCUT2D eigenvalue weighted by molar-refractivity contribution is 6.31. The van der Waals surface area contributed by atoms with Crippen molar-refractivity contribution >= 4 is 23.0 Å². The van der Waals surface area contributed by atoms with Crippen molar-refractivity contribution in [3.05, 3.63) is 67.7 Å². The van der Waals surface area contributed by atoms with Gasteiger partial charge in [-0.15, -0.1) is 0 Å². The van der Waals surface area contributed by atoms with Gasteiger partial charge in [0, 0.05) is 29.4 Å². The molecule has 0 unspecified atom stereocenters. The molecule has 0 amide bonds. The Bertz CT molecular complexity index is 676. The molecule has 1 N–H and O–H groups in total. The van der Waals surface area contributed by atoms with E-state index in [1.165, 1.54) is 17.7 Å². The van der Waals surface area contributed by atoms with Crippen LogP contribution >= 0.6 is 11.6 Å². The first kappa shape index (κ1) is 15.3. The summed E-state index contributed by atoms with van der Waals surface area (Å²) in [4.78, 5) is 10.4. The zero-order valence-corrected chi connectivity index (χ0v) is 13.0. The van der Waals surface area contributed by atoms with Crippen LogP contribution in [0.5, 0.6) is 0 Å². The number of benzene rings is 2. The van der Waals surface area contributed by atoms with E-state index in [0.29, 0.717) is 17.1 Å². The molecule has 4 nitrogen and oxygen atoms in total. The van der Waals surface area contributed by atoms with Gasteiger partial charge in [0.25, 0.3) is 5.69 Å². The fourth-order valence-corrected chi connectivity index (χ4v) is 2.64. The minimum atomic E-state index is -0.414. The maximum absolute atomic E-state index is 10.8. The lowest BCUT2D eigenvalue weighted by Gasteiger charge is -2.14. The molecule has 21 heavy (non-hydrogen) atoms. The average molecular weight is 305 g/mol. The highest BCUT2D eigenvalue weighted by Crippen LogP contribution is 2.26. The number of hydrogen-bond acceptors (Lipinski definition) is 3. The van der Waals surface area contributed by atoms with Crippen molar-refractivity contribution in [1.82, 2.24) is 0 Å². The van der Waals surface area contributed by atoms with Crippen LogP contribution in [0.4, 0.5) is 11.4 Å². The second-order valence-corrected chi connectivity index (χ2v) is 5.57. The fraction of sp³-hybridized carbons (Fsp3) is 0.250. The van der Waals surface area contributed by atoms with Gasteiger partial charge >= 0.3 is 0 Å². The lowest BCUT2D eigenvalue weighted by molar-refractivity contribution is -0.384. The van der Waals surface area contributed by atoms with E-state index in [1.54, 1.807) is 6.07 Å². The standard InChI is InChI=1S/C16H17ClN2O2/c1-10-6-11(2)16(12(3)7-10)18-9-13-8-14(19(20)21)4-5-15(13)17/h4-8,18H,9H2,1-3H3. The number of hydrogen-bond donors (Lipinski definition) is 1. The van der Waals surface area contributed by atoms with Crippen molar-refractivity contribution in [3.63, 3.8) is 0 Å². The van der Waals surface area contributed by atoms with Crippen LogP contribution in [-0.4, -0.2) is 4.92 Å². The molecule has 0 radical (unpaired) electrons. The van der Waals surface area contributed by atoms with Gasteiger partial charge in [0.1, 0.15) is 0 Å². The molecular weight excluding hydrogens is 288 g/mol. The topological polar surface area (TPSA) is 55.2 Å². The normalized spacial score (nSPS) is 10.5. The summed E-state index contributed by atoms with van der Waals surface area (Å²) in [6.07, 6.45) is 0. The third-order valence-corrected chi connectivity index (χ3v) is 3.74. The second kappa shape index (κ2) is 6.14. The van der Waals surface area contributed by atoms with Gasteiger partial charge in [-0.1, -0.05) is 29.3 Å². The van der Waals surface area contributed by atoms with E-state index in [0.717, 1.165) is 16.8 Å². The summed E-state index contributed by atoms with van der Waals surface area (Å²) in [5, 5.41) is 14.7. The Labute approximate surface area is 128 Å². The fourth-order valence-electron chi connectivity index (χ4n) is 2.45. The molecule has 0 bridgehead atoms. The molecule has 0 aliphatic rings. The van der Waals surface area contributed by atoms with Gasteiger partial charge in [0.15, 0.2) is 0 Å². The third kappa shape index (κ3) is 3.52. The van der Waals surface area contributed by atoms with Crippen LogP contribution in [0, 0.1) is 30.9 Å². The van der Waals surface area contributed by atoms with Crippen LogP contribution in [-0.2, 0) is 6.54 Å². The quantitative estimate of drug-likeness (QED) is 0.653. The summed E-state index contributed by atoms with van der Waals surface area (Å²) in [7, 11) is 0. The van der Waals surface area contributed by atoms with Crippen LogP contribution in [0.2, 0.25) is 5.02 Å². The van der Waals surface area contributed by atoms with Crippen molar-refractivity contribution in [3.8, 4) is 0 Å². The Balaban J connectivity index is 2.24. The molecule has 2 aromatic rings. The second-order valence-electron chi connectivity index (χ2n) is 5.16. The zero-order chi connectivity index (χ0) is 15.6. The summed E-state index contributed by atoms with van der Waals surface area (Å²) in [5.74, 6) is 0. The number of nitro groups is 1. The van der Waals surface area contributed by atoms with E-state index in [-0.39, 0.29) is 5.69 Å². The first-order valence-corrected chi connectivity index (χ1v) is 7.01. The molecule has 0 atom stereocenters. The van der Waals surface area contributed by atoms with E-state index in [1.807, 2.05) is 13.8 Å². The summed E-state index contributed by atoms with van der Waals surface area (Å²) < 4.78 is 0. The van der Waals surface area contributed by atoms with Crippen LogP contribution < -0.4 is 5.32 Å². The van der Waals surface area contributed by atoms with Crippen molar-refractivity contribution in [2.75, 3.05) is 5.32 Å². The minimum Gasteiger partial charge on any atom is -0.380 e. The van der Waals surface area contributed by atoms with Gasteiger partial charge in [-0.05, 0) is 43.5 Å². The number of rotatable bonds is 4. The van der Waals surface area contributed by atoms with Crippen molar-refractivity contribution < 1.29 is 4.92 Å². The van der Waals surface area contributed by atoms with Crippen molar-refractivity contribution in [2.45, 2.75) is 27.3 Å². The number of aryl methyl sites for hydroxylation is 3. The predicted octanol–water partition coefficient (Wildman–Crippen LogP) is 4.79. The molecule has 0 spiro atoms. The first-order valence-electron chi connectivity index (χ1n) is 6.63. The monoisotopic (exact) mass is 304 g/mol. The van der Waals surface area contributed by atoms with Gasteiger partial charge in [-0.3, -0.25) is 10.1 Å². The summed E-state index contributed by atoms with van der Waals surface area (Å²) in [5.41, 5.74) is 5.31. The summed E-state index contributed by atoms with van der Waals surface area (Å²) in [6.45, 7) is 6.58. The van der Waals surface area contributed by atoms with Crippen LogP contribution in [0.3, 0.4) is 0 Å². The maximum atomic E-state index is 10.8. The van der Waals surface area contributed by atoms with E-state index < -0.39 is 4.92 Å². The molecule has 0 aliphatic heterocycles. The highest BCUT2D eigenvalue weighted by Gasteiger charge is 2.10. The van der Waals surface area contributed by atoms with E-state index >= 15 is 0 Å². The Kier molecular flexibility index (Phi) is 4.48. The number of non-ortho nitro benzene ring substituents is 1. The van der Waals surface area contributed by atoms with Crippen LogP contribution in [0.1, 0.15) is 22.3 Å². The molecule has 0 heterocycles. The number of halogens is 1. The molecule has 0 saturated carbocycles. The first-order chi connectivity index (χ1) is 9.88. The number of nitrogens with one attached hydrogen (secondary N) is 1. The molecule has 0 aromatic heterocycles. The molecule has 110 valence electrons. The number of anilines is 1. The SMILES string of the molecule is Cc1cc(C)c(NCc2cc([N+](=O)[O-])ccc2Cl)c(C)c1. The van der Waals surface area contributed by atoms with Gasteiger partial charge in [-0.2, -0.15) is 0 Å². The lowest BCUT2D eigenvalue weighted by Crippen LogP contribution is -2.04. The Morgan fingerprint density at radius 2 is 1.76 bits per heavy atom. The van der Waals surface area contributed by atoms with E-state index in [9.17, 15) is 10.1 Å². The van der Waals surface area contributed by atoms with Crippen LogP contribution in [0.25, 0.3) is 0 Å². The molecule has 5 heteroatoms. The smallest absolute Gasteiger partial charge is 0.269 e. The predicted molar refractivity (Wildman–Crippen MR) is 86.1 cm³/mol. The largest absolute Gasteiger partial charge is 0.380 e. The lowest BCUT2D eigenvalue weighted by atomic mass is 10.0. The van der Waals surface area contributed by atoms with Gasteiger partial charge in [0.05, 0.1) is 4.92 Å². The van der Waals surface area contributed by atoms with Crippen LogP contribution in [0.15, 0.2) is 30.3 Å². The Hall–Kier alpha value is -2.07. The minimum absolute atomic E-state index is 0.0496. The summed E-state index contributed by atoms with van der Waals surface area (Å²) >= 11 is 6.11. The van der Waals surface area contributed by atoms with Crippen molar-refractivity contribution in [1.29, 1.82) is 0 Å². The number of nitrogens with zero attached hydrogens (tertiary/aromatic N) is 1. The summed E-state index contributed by atoms with van der Waals surface area (Å²) in [6, 6.07) is 8.68. The highest BCUT2D eigenvalue weighted by atomic mass is 35.5.